The van der Waals surface area contributed by atoms with Gasteiger partial charge in [-0.3, -0.25) is 4.79 Å². The van der Waals surface area contributed by atoms with E-state index in [4.69, 9.17) is 4.74 Å². The summed E-state index contributed by atoms with van der Waals surface area (Å²) in [6, 6.07) is 15.5. The molecule has 0 spiro atoms. The predicted octanol–water partition coefficient (Wildman–Crippen LogP) is 4.08. The van der Waals surface area contributed by atoms with Crippen molar-refractivity contribution in [2.45, 2.75) is 0 Å². The van der Waals surface area contributed by atoms with Crippen molar-refractivity contribution in [3.63, 3.8) is 0 Å². The van der Waals surface area contributed by atoms with E-state index in [2.05, 4.69) is 26.2 Å². The van der Waals surface area contributed by atoms with Crippen molar-refractivity contribution in [1.29, 1.82) is 0 Å². The first-order valence-corrected chi connectivity index (χ1v) is 8.57. The van der Waals surface area contributed by atoms with Crippen LogP contribution in [-0.4, -0.2) is 31.6 Å². The molecule has 0 aliphatic heterocycles. The van der Waals surface area contributed by atoms with Crippen LogP contribution in [0, 0.1) is 0 Å². The molecular weight excluding hydrogens is 382 g/mol. The number of halogens is 1. The Hall–Kier alpha value is -2.60. The fraction of sp³-hybridized carbons (Fsp3) is 0.158. The van der Waals surface area contributed by atoms with Gasteiger partial charge in [-0.2, -0.15) is 0 Å². The highest BCUT2D eigenvalue weighted by molar-refractivity contribution is 9.10. The molecule has 0 saturated heterocycles. The van der Waals surface area contributed by atoms with Gasteiger partial charge in [-0.05, 0) is 44.9 Å². The van der Waals surface area contributed by atoms with E-state index >= 15 is 0 Å². The molecule has 3 rings (SSSR count). The zero-order valence-electron chi connectivity index (χ0n) is 14.0. The third-order valence-electron chi connectivity index (χ3n) is 3.68. The standard InChI is InChI=1S/C19H18BrN3O2/c1-23(2)17-10-8-14(11-21-17)22-18(24)12-25-16-9-7-13-5-3-4-6-15(13)19(16)20/h3-11H,12H2,1-2H3,(H,22,24). The number of amides is 1. The molecule has 1 N–H and O–H groups in total. The van der Waals surface area contributed by atoms with E-state index < -0.39 is 0 Å². The van der Waals surface area contributed by atoms with Crippen LogP contribution >= 0.6 is 15.9 Å². The zero-order chi connectivity index (χ0) is 17.8. The van der Waals surface area contributed by atoms with Crippen molar-refractivity contribution in [1.82, 2.24) is 4.98 Å². The molecule has 0 radical (unpaired) electrons. The maximum Gasteiger partial charge on any atom is 0.262 e. The first kappa shape index (κ1) is 17.2. The van der Waals surface area contributed by atoms with E-state index in [0.29, 0.717) is 11.4 Å². The predicted molar refractivity (Wildman–Crippen MR) is 104 cm³/mol. The lowest BCUT2D eigenvalue weighted by molar-refractivity contribution is -0.118. The maximum atomic E-state index is 12.1. The summed E-state index contributed by atoms with van der Waals surface area (Å²) >= 11 is 3.55. The Morgan fingerprint density at radius 2 is 1.96 bits per heavy atom. The minimum absolute atomic E-state index is 0.0770. The molecule has 3 aromatic rings. The molecule has 0 bridgehead atoms. The number of carbonyl (C=O) groups is 1. The van der Waals surface area contributed by atoms with Gasteiger partial charge in [-0.15, -0.1) is 0 Å². The van der Waals surface area contributed by atoms with Crippen LogP contribution in [0.25, 0.3) is 10.8 Å². The maximum absolute atomic E-state index is 12.1. The van der Waals surface area contributed by atoms with E-state index in [1.54, 1.807) is 6.20 Å². The van der Waals surface area contributed by atoms with Gasteiger partial charge in [0.2, 0.25) is 0 Å². The van der Waals surface area contributed by atoms with Crippen molar-refractivity contribution >= 4 is 44.1 Å². The number of carbonyl (C=O) groups excluding carboxylic acids is 1. The Labute approximate surface area is 154 Å². The Balaban J connectivity index is 1.63. The molecule has 0 saturated carbocycles. The summed E-state index contributed by atoms with van der Waals surface area (Å²) in [5.74, 6) is 1.23. The Kier molecular flexibility index (Phi) is 5.19. The molecule has 0 atom stereocenters. The van der Waals surface area contributed by atoms with Crippen LogP contribution in [0.15, 0.2) is 59.2 Å². The molecule has 0 fully saturated rings. The van der Waals surface area contributed by atoms with E-state index in [9.17, 15) is 4.79 Å². The molecule has 128 valence electrons. The smallest absolute Gasteiger partial charge is 0.262 e. The normalized spacial score (nSPS) is 10.5. The summed E-state index contributed by atoms with van der Waals surface area (Å²) in [5, 5.41) is 4.93. The summed E-state index contributed by atoms with van der Waals surface area (Å²) in [5.41, 5.74) is 0.636. The van der Waals surface area contributed by atoms with Crippen LogP contribution in [0.2, 0.25) is 0 Å². The molecule has 5 nitrogen and oxygen atoms in total. The number of ether oxygens (including phenoxy) is 1. The lowest BCUT2D eigenvalue weighted by Crippen LogP contribution is -2.20. The summed E-state index contributed by atoms with van der Waals surface area (Å²) in [6.07, 6.45) is 1.62. The van der Waals surface area contributed by atoms with Crippen molar-refractivity contribution < 1.29 is 9.53 Å². The first-order valence-electron chi connectivity index (χ1n) is 7.78. The largest absolute Gasteiger partial charge is 0.483 e. The van der Waals surface area contributed by atoms with Crippen LogP contribution in [0.3, 0.4) is 0 Å². The summed E-state index contributed by atoms with van der Waals surface area (Å²) in [6.45, 7) is -0.0770. The quantitative estimate of drug-likeness (QED) is 0.701. The Bertz CT molecular complexity index is 895. The first-order chi connectivity index (χ1) is 12.0. The number of aromatic nitrogens is 1. The number of rotatable bonds is 5. The van der Waals surface area contributed by atoms with Gasteiger partial charge in [-0.25, -0.2) is 4.98 Å². The minimum Gasteiger partial charge on any atom is -0.483 e. The summed E-state index contributed by atoms with van der Waals surface area (Å²) in [4.78, 5) is 18.2. The van der Waals surface area contributed by atoms with Crippen molar-refractivity contribution in [2.24, 2.45) is 0 Å². The fourth-order valence-corrected chi connectivity index (χ4v) is 3.00. The van der Waals surface area contributed by atoms with Crippen LogP contribution < -0.4 is 15.0 Å². The van der Waals surface area contributed by atoms with E-state index in [1.807, 2.05) is 67.5 Å². The molecule has 0 aliphatic carbocycles. The number of hydrogen-bond donors (Lipinski definition) is 1. The van der Waals surface area contributed by atoms with Gasteiger partial charge in [0, 0.05) is 14.1 Å². The molecular formula is C19H18BrN3O2. The number of nitrogens with one attached hydrogen (secondary N) is 1. The second-order valence-electron chi connectivity index (χ2n) is 5.74. The lowest BCUT2D eigenvalue weighted by Gasteiger charge is -2.12. The number of hydrogen-bond acceptors (Lipinski definition) is 4. The number of fused-ring (bicyclic) bond motifs is 1. The Morgan fingerprint density at radius 3 is 2.68 bits per heavy atom. The van der Waals surface area contributed by atoms with Crippen LogP contribution in [0.4, 0.5) is 11.5 Å². The molecule has 6 heteroatoms. The van der Waals surface area contributed by atoms with Gasteiger partial charge in [-0.1, -0.05) is 30.3 Å². The van der Waals surface area contributed by atoms with Gasteiger partial charge in [0.05, 0.1) is 16.4 Å². The highest BCUT2D eigenvalue weighted by atomic mass is 79.9. The van der Waals surface area contributed by atoms with E-state index in [-0.39, 0.29) is 12.5 Å². The highest BCUT2D eigenvalue weighted by Crippen LogP contribution is 2.32. The monoisotopic (exact) mass is 399 g/mol. The molecule has 25 heavy (non-hydrogen) atoms. The number of benzene rings is 2. The molecule has 0 unspecified atom stereocenters. The molecule has 0 aliphatic rings. The van der Waals surface area contributed by atoms with E-state index in [0.717, 1.165) is 21.1 Å². The number of nitrogens with zero attached hydrogens (tertiary/aromatic N) is 2. The summed E-state index contributed by atoms with van der Waals surface area (Å²) in [7, 11) is 3.83. The Morgan fingerprint density at radius 1 is 1.16 bits per heavy atom. The SMILES string of the molecule is CN(C)c1ccc(NC(=O)COc2ccc3ccccc3c2Br)cn1. The van der Waals surface area contributed by atoms with Crippen LogP contribution in [-0.2, 0) is 4.79 Å². The fourth-order valence-electron chi connectivity index (χ4n) is 2.39. The average molecular weight is 400 g/mol. The molecule has 1 amide bonds. The zero-order valence-corrected chi connectivity index (χ0v) is 15.6. The minimum atomic E-state index is -0.237. The second kappa shape index (κ2) is 7.53. The number of pyridine rings is 1. The van der Waals surface area contributed by atoms with Crippen LogP contribution in [0.5, 0.6) is 5.75 Å². The molecule has 1 heterocycles. The van der Waals surface area contributed by atoms with Gasteiger partial charge >= 0.3 is 0 Å². The van der Waals surface area contributed by atoms with Gasteiger partial charge in [0.15, 0.2) is 6.61 Å². The van der Waals surface area contributed by atoms with Gasteiger partial charge in [0.1, 0.15) is 11.6 Å². The van der Waals surface area contributed by atoms with Crippen LogP contribution in [0.1, 0.15) is 0 Å². The van der Waals surface area contributed by atoms with Crippen molar-refractivity contribution in [3.8, 4) is 5.75 Å². The summed E-state index contributed by atoms with van der Waals surface area (Å²) < 4.78 is 6.50. The third-order valence-corrected chi connectivity index (χ3v) is 4.49. The molecule has 2 aromatic carbocycles. The lowest BCUT2D eigenvalue weighted by atomic mass is 10.1. The second-order valence-corrected chi connectivity index (χ2v) is 6.53. The third kappa shape index (κ3) is 4.09. The van der Waals surface area contributed by atoms with E-state index in [1.165, 1.54) is 0 Å². The number of anilines is 2. The average Bonchev–Trinajstić information content (AvgIpc) is 2.62. The molecule has 1 aromatic heterocycles. The van der Waals surface area contributed by atoms with Crippen molar-refractivity contribution in [3.05, 3.63) is 59.2 Å². The van der Waals surface area contributed by atoms with Crippen molar-refractivity contribution in [2.75, 3.05) is 30.9 Å². The van der Waals surface area contributed by atoms with Gasteiger partial charge < -0.3 is 15.0 Å². The van der Waals surface area contributed by atoms with Gasteiger partial charge in [0.25, 0.3) is 5.91 Å². The topological polar surface area (TPSA) is 54.5 Å². The highest BCUT2D eigenvalue weighted by Gasteiger charge is 2.09.